The third-order valence-corrected chi connectivity index (χ3v) is 5.23. The quantitative estimate of drug-likeness (QED) is 0.510. The summed E-state index contributed by atoms with van der Waals surface area (Å²) in [5.41, 5.74) is -0.382. The minimum absolute atomic E-state index is 0.0297. The van der Waals surface area contributed by atoms with E-state index >= 15 is 0 Å². The van der Waals surface area contributed by atoms with Crippen LogP contribution in [0.4, 0.5) is 0 Å². The summed E-state index contributed by atoms with van der Waals surface area (Å²) in [5, 5.41) is 36.9. The van der Waals surface area contributed by atoms with Crippen molar-refractivity contribution in [3.8, 4) is 11.8 Å². The summed E-state index contributed by atoms with van der Waals surface area (Å²) in [6.07, 6.45) is -0.0297. The highest BCUT2D eigenvalue weighted by atomic mass is 35.5. The largest absolute Gasteiger partial charge is 0.501 e. The Labute approximate surface area is 175 Å². The van der Waals surface area contributed by atoms with E-state index in [-0.39, 0.29) is 23.2 Å². The van der Waals surface area contributed by atoms with Crippen molar-refractivity contribution in [2.24, 2.45) is 0 Å². The number of rotatable bonds is 3. The summed E-state index contributed by atoms with van der Waals surface area (Å²) in [5.74, 6) is -1.53. The van der Waals surface area contributed by atoms with E-state index in [0.29, 0.717) is 16.3 Å². The third-order valence-electron chi connectivity index (χ3n) is 4.98. The molecule has 1 aliphatic rings. The average molecular weight is 421 g/mol. The molecule has 0 radical (unpaired) electrons. The summed E-state index contributed by atoms with van der Waals surface area (Å²) in [6.45, 7) is 0. The van der Waals surface area contributed by atoms with Crippen molar-refractivity contribution in [2.45, 2.75) is 12.3 Å². The number of fused-ring (bicyclic) bond motifs is 1. The smallest absolute Gasteiger partial charge is 0.297 e. The van der Waals surface area contributed by atoms with Gasteiger partial charge in [-0.15, -0.1) is 0 Å². The second-order valence-corrected chi connectivity index (χ2v) is 7.10. The number of allylic oxidation sites excluding steroid dienone is 1. The zero-order chi connectivity index (χ0) is 21.4. The molecule has 0 bridgehead atoms. The number of aliphatic hydroxyl groups excluding tert-OH is 1. The summed E-state index contributed by atoms with van der Waals surface area (Å²) in [7, 11) is 0. The van der Waals surface area contributed by atoms with Crippen LogP contribution in [-0.4, -0.2) is 19.8 Å². The van der Waals surface area contributed by atoms with Crippen LogP contribution in [0.2, 0.25) is 5.02 Å². The van der Waals surface area contributed by atoms with Crippen LogP contribution in [0.3, 0.4) is 0 Å². The molecule has 1 atom stereocenters. The van der Waals surface area contributed by atoms with Crippen molar-refractivity contribution >= 4 is 17.4 Å². The highest BCUT2D eigenvalue weighted by Gasteiger charge is 2.40. The van der Waals surface area contributed by atoms with Crippen LogP contribution in [0.25, 0.3) is 11.4 Å². The highest BCUT2D eigenvalue weighted by Crippen LogP contribution is 2.39. The van der Waals surface area contributed by atoms with E-state index < -0.39 is 27.9 Å². The average Bonchev–Trinajstić information content (AvgIpc) is 2.74. The van der Waals surface area contributed by atoms with E-state index in [9.17, 15) is 25.3 Å². The van der Waals surface area contributed by atoms with E-state index in [1.54, 1.807) is 54.6 Å². The molecule has 1 unspecified atom stereocenters. The first-order valence-electron chi connectivity index (χ1n) is 8.87. The Kier molecular flexibility index (Phi) is 4.82. The molecule has 1 aliphatic carbocycles. The molecule has 0 saturated heterocycles. The molecule has 0 spiro atoms. The molecule has 30 heavy (non-hydrogen) atoms. The van der Waals surface area contributed by atoms with Crippen molar-refractivity contribution in [2.75, 3.05) is 0 Å². The van der Waals surface area contributed by atoms with Gasteiger partial charge in [-0.3, -0.25) is 14.9 Å². The highest BCUT2D eigenvalue weighted by molar-refractivity contribution is 6.30. The van der Waals surface area contributed by atoms with Gasteiger partial charge in [0.15, 0.2) is 0 Å². The van der Waals surface area contributed by atoms with Gasteiger partial charge >= 0.3 is 0 Å². The van der Waals surface area contributed by atoms with Gasteiger partial charge in [0, 0.05) is 10.6 Å². The molecule has 9 heteroatoms. The van der Waals surface area contributed by atoms with Gasteiger partial charge in [-0.2, -0.15) is 15.0 Å². The topological polar surface area (TPSA) is 122 Å². The van der Waals surface area contributed by atoms with Crippen LogP contribution in [0.1, 0.15) is 28.3 Å². The zero-order valence-electron chi connectivity index (χ0n) is 15.3. The van der Waals surface area contributed by atoms with Gasteiger partial charge in [-0.05, 0) is 36.2 Å². The van der Waals surface area contributed by atoms with Crippen molar-refractivity contribution in [3.05, 3.63) is 108 Å². The maximum atomic E-state index is 12.9. The minimum Gasteiger partial charge on any atom is -0.501 e. The molecule has 8 nitrogen and oxygen atoms in total. The Morgan fingerprint density at radius 3 is 2.47 bits per heavy atom. The molecule has 3 aromatic rings. The van der Waals surface area contributed by atoms with E-state index in [1.165, 1.54) is 0 Å². The number of aliphatic hydroxyl groups is 1. The van der Waals surface area contributed by atoms with Crippen LogP contribution in [0, 0.1) is 21.4 Å². The number of nitriles is 1. The van der Waals surface area contributed by atoms with E-state index in [4.69, 9.17) is 11.6 Å². The molecule has 1 aromatic heterocycles. The monoisotopic (exact) mass is 420 g/mol. The van der Waals surface area contributed by atoms with Crippen LogP contribution in [-0.2, 0) is 6.42 Å². The molecule has 4 rings (SSSR count). The third kappa shape index (κ3) is 3.11. The molecular formula is C21H13ClN4O4. The van der Waals surface area contributed by atoms with Crippen LogP contribution < -0.4 is 5.56 Å². The van der Waals surface area contributed by atoms with Gasteiger partial charge in [0.05, 0.1) is 16.5 Å². The Morgan fingerprint density at radius 1 is 1.20 bits per heavy atom. The van der Waals surface area contributed by atoms with Gasteiger partial charge in [-0.25, -0.2) is 0 Å². The first-order chi connectivity index (χ1) is 14.4. The van der Waals surface area contributed by atoms with Crippen LogP contribution in [0.5, 0.6) is 0 Å². The molecule has 0 fully saturated rings. The zero-order valence-corrected chi connectivity index (χ0v) is 16.1. The number of nitro groups is 1. The van der Waals surface area contributed by atoms with E-state index in [1.807, 2.05) is 6.07 Å². The fourth-order valence-corrected chi connectivity index (χ4v) is 3.71. The molecule has 0 saturated carbocycles. The number of hydrogen-bond donors (Lipinski definition) is 1. The Hall–Kier alpha value is -3.96. The first-order valence-corrected chi connectivity index (χ1v) is 9.25. The van der Waals surface area contributed by atoms with Gasteiger partial charge < -0.3 is 5.11 Å². The molecule has 2 aromatic carbocycles. The van der Waals surface area contributed by atoms with Crippen molar-refractivity contribution < 1.29 is 10.0 Å². The lowest BCUT2D eigenvalue weighted by molar-refractivity contribution is -0.430. The molecule has 1 heterocycles. The maximum Gasteiger partial charge on any atom is 0.297 e. The summed E-state index contributed by atoms with van der Waals surface area (Å²) >= 11 is 5.91. The molecule has 1 N–H and O–H groups in total. The van der Waals surface area contributed by atoms with Crippen molar-refractivity contribution in [3.63, 3.8) is 0 Å². The predicted octanol–water partition coefficient (Wildman–Crippen LogP) is 3.60. The number of halogens is 1. The number of para-hydroxylation sites is 1. The lowest BCUT2D eigenvalue weighted by atomic mass is 9.82. The minimum atomic E-state index is -0.870. The number of benzene rings is 2. The predicted molar refractivity (Wildman–Crippen MR) is 109 cm³/mol. The Bertz CT molecular complexity index is 1290. The normalized spacial score (nSPS) is 15.4. The number of hydrogen-bond acceptors (Lipinski definition) is 6. The van der Waals surface area contributed by atoms with Crippen molar-refractivity contribution in [1.29, 1.82) is 5.26 Å². The first kappa shape index (κ1) is 19.4. The molecular weight excluding hydrogens is 408 g/mol. The van der Waals surface area contributed by atoms with Gasteiger partial charge in [0.2, 0.25) is 5.76 Å². The summed E-state index contributed by atoms with van der Waals surface area (Å²) in [4.78, 5) is 24.0. The molecule has 0 aliphatic heterocycles. The number of nitrogens with zero attached hydrogens (tertiary/aromatic N) is 4. The SMILES string of the molecule is N#Cc1c2c(nn(-c3ccccc3)c1=O)C(O)=C([N+](=O)[O-])C(c1ccc(Cl)cc1)C2. The molecule has 0 amide bonds. The van der Waals surface area contributed by atoms with Crippen LogP contribution >= 0.6 is 11.6 Å². The van der Waals surface area contributed by atoms with Crippen molar-refractivity contribution in [1.82, 2.24) is 9.78 Å². The second kappa shape index (κ2) is 7.46. The maximum absolute atomic E-state index is 12.9. The lowest BCUT2D eigenvalue weighted by Gasteiger charge is -2.23. The van der Waals surface area contributed by atoms with Gasteiger partial charge in [0.1, 0.15) is 17.3 Å². The fraction of sp³-hybridized carbons (Fsp3) is 0.0952. The molecule has 148 valence electrons. The number of aromatic nitrogens is 2. The fourth-order valence-electron chi connectivity index (χ4n) is 3.58. The second-order valence-electron chi connectivity index (χ2n) is 6.67. The Morgan fingerprint density at radius 2 is 1.87 bits per heavy atom. The summed E-state index contributed by atoms with van der Waals surface area (Å²) in [6, 6.07) is 16.6. The Balaban J connectivity index is 1.99. The van der Waals surface area contributed by atoms with Gasteiger partial charge in [-0.1, -0.05) is 41.9 Å². The lowest BCUT2D eigenvalue weighted by Crippen LogP contribution is -2.31. The van der Waals surface area contributed by atoms with E-state index in [0.717, 1.165) is 4.68 Å². The van der Waals surface area contributed by atoms with Crippen LogP contribution in [0.15, 0.2) is 65.1 Å². The van der Waals surface area contributed by atoms with E-state index in [2.05, 4.69) is 5.10 Å². The van der Waals surface area contributed by atoms with Gasteiger partial charge in [0.25, 0.3) is 11.3 Å². The standard InChI is InChI=1S/C21H13ClN4O4/c22-13-8-6-12(7-9-13)15-10-16-17(11-23)21(28)25(14-4-2-1-3-5-14)24-18(16)20(27)19(15)26(29)30/h1-9,15,27H,10H2. The summed E-state index contributed by atoms with van der Waals surface area (Å²) < 4.78 is 0.966.